The van der Waals surface area contributed by atoms with E-state index in [4.69, 9.17) is 9.47 Å². The number of esters is 1. The van der Waals surface area contributed by atoms with Crippen LogP contribution in [-0.4, -0.2) is 19.7 Å². The highest BCUT2D eigenvalue weighted by Gasteiger charge is 2.31. The summed E-state index contributed by atoms with van der Waals surface area (Å²) < 4.78 is 10.5. The first-order chi connectivity index (χ1) is 11.5. The van der Waals surface area contributed by atoms with Crippen molar-refractivity contribution in [1.29, 1.82) is 0 Å². The minimum Gasteiger partial charge on any atom is -0.497 e. The summed E-state index contributed by atoms with van der Waals surface area (Å²) in [7, 11) is 1.68. The van der Waals surface area contributed by atoms with Crippen LogP contribution in [0.15, 0.2) is 30.3 Å². The topological polar surface area (TPSA) is 35.5 Å². The van der Waals surface area contributed by atoms with Crippen LogP contribution < -0.4 is 4.74 Å². The molecule has 2 aromatic carbocycles. The zero-order chi connectivity index (χ0) is 17.7. The maximum Gasteiger partial charge on any atom is 0.306 e. The van der Waals surface area contributed by atoms with Crippen LogP contribution >= 0.6 is 0 Å². The van der Waals surface area contributed by atoms with Crippen molar-refractivity contribution in [3.8, 4) is 5.75 Å². The van der Waals surface area contributed by atoms with E-state index in [1.807, 2.05) is 13.0 Å². The molecule has 0 N–H and O–H groups in total. The van der Waals surface area contributed by atoms with Gasteiger partial charge in [0.15, 0.2) is 0 Å². The van der Waals surface area contributed by atoms with Gasteiger partial charge >= 0.3 is 5.97 Å². The van der Waals surface area contributed by atoms with Crippen LogP contribution in [0.5, 0.6) is 5.75 Å². The number of carbonyl (C=O) groups excluding carboxylic acids is 1. The third-order valence-electron chi connectivity index (χ3n) is 4.96. The summed E-state index contributed by atoms with van der Waals surface area (Å²) in [6, 6.07) is 10.5. The first kappa shape index (κ1) is 18.3. The lowest BCUT2D eigenvalue weighted by molar-refractivity contribution is -0.144. The summed E-state index contributed by atoms with van der Waals surface area (Å²) in [5, 5.41) is 2.41. The number of hydrogen-bond acceptors (Lipinski definition) is 3. The molecule has 0 fully saturated rings. The number of benzene rings is 2. The summed E-state index contributed by atoms with van der Waals surface area (Å²) in [4.78, 5) is 12.1. The number of carbonyl (C=O) groups is 1. The van der Waals surface area contributed by atoms with Crippen molar-refractivity contribution in [3.05, 3.63) is 41.5 Å². The molecule has 1 atom stereocenters. The van der Waals surface area contributed by atoms with Crippen molar-refractivity contribution in [2.75, 3.05) is 13.7 Å². The predicted molar refractivity (Wildman–Crippen MR) is 98.8 cm³/mol. The number of methoxy groups -OCH3 is 1. The molecular formula is C21H28O3. The van der Waals surface area contributed by atoms with Crippen LogP contribution in [0, 0.1) is 0 Å². The zero-order valence-electron chi connectivity index (χ0n) is 15.4. The third-order valence-corrected chi connectivity index (χ3v) is 4.96. The fourth-order valence-corrected chi connectivity index (χ4v) is 3.39. The molecular weight excluding hydrogens is 300 g/mol. The summed E-state index contributed by atoms with van der Waals surface area (Å²) in [5.41, 5.74) is 2.34. The summed E-state index contributed by atoms with van der Waals surface area (Å²) in [6.07, 6.45) is 2.23. The number of rotatable bonds is 7. The Bertz CT molecular complexity index is 720. The van der Waals surface area contributed by atoms with Gasteiger partial charge in [-0.05, 0) is 53.8 Å². The largest absolute Gasteiger partial charge is 0.497 e. The quantitative estimate of drug-likeness (QED) is 0.669. The molecule has 1 unspecified atom stereocenters. The van der Waals surface area contributed by atoms with Gasteiger partial charge in [-0.3, -0.25) is 4.79 Å². The van der Waals surface area contributed by atoms with Gasteiger partial charge in [0.25, 0.3) is 0 Å². The molecule has 3 heteroatoms. The van der Waals surface area contributed by atoms with Gasteiger partial charge < -0.3 is 9.47 Å². The molecule has 3 nitrogen and oxygen atoms in total. The van der Waals surface area contributed by atoms with E-state index >= 15 is 0 Å². The van der Waals surface area contributed by atoms with Gasteiger partial charge in [0.1, 0.15) is 5.75 Å². The van der Waals surface area contributed by atoms with Gasteiger partial charge in [0, 0.05) is 5.41 Å². The van der Waals surface area contributed by atoms with Crippen LogP contribution in [0.2, 0.25) is 0 Å². The molecule has 2 rings (SSSR count). The smallest absolute Gasteiger partial charge is 0.306 e. The fourth-order valence-electron chi connectivity index (χ4n) is 3.39. The van der Waals surface area contributed by atoms with E-state index in [2.05, 4.69) is 45.0 Å². The van der Waals surface area contributed by atoms with Crippen molar-refractivity contribution in [2.24, 2.45) is 0 Å². The maximum absolute atomic E-state index is 12.1. The molecule has 0 bridgehead atoms. The molecule has 0 aliphatic carbocycles. The lowest BCUT2D eigenvalue weighted by atomic mass is 9.74. The van der Waals surface area contributed by atoms with Crippen LogP contribution in [0.1, 0.15) is 51.7 Å². The molecule has 0 amide bonds. The van der Waals surface area contributed by atoms with E-state index in [1.54, 1.807) is 7.11 Å². The van der Waals surface area contributed by atoms with Crippen molar-refractivity contribution >= 4 is 16.7 Å². The Kier molecular flexibility index (Phi) is 5.87. The molecule has 130 valence electrons. The molecule has 24 heavy (non-hydrogen) atoms. The highest BCUT2D eigenvalue weighted by Crippen LogP contribution is 2.38. The van der Waals surface area contributed by atoms with Gasteiger partial charge in [-0.2, -0.15) is 0 Å². The number of ether oxygens (including phenoxy) is 2. The first-order valence-electron chi connectivity index (χ1n) is 8.74. The molecule has 0 aromatic heterocycles. The lowest BCUT2D eigenvalue weighted by Gasteiger charge is -2.31. The van der Waals surface area contributed by atoms with Gasteiger partial charge in [-0.1, -0.05) is 39.0 Å². The molecule has 0 radical (unpaired) electrons. The number of aryl methyl sites for hydroxylation is 1. The second-order valence-corrected chi connectivity index (χ2v) is 6.43. The highest BCUT2D eigenvalue weighted by atomic mass is 16.5. The molecule has 2 aromatic rings. The van der Waals surface area contributed by atoms with E-state index < -0.39 is 0 Å². The Morgan fingerprint density at radius 3 is 2.46 bits per heavy atom. The van der Waals surface area contributed by atoms with Crippen LogP contribution in [0.25, 0.3) is 10.8 Å². The van der Waals surface area contributed by atoms with E-state index in [0.717, 1.165) is 18.6 Å². The number of fused-ring (bicyclic) bond motifs is 1. The van der Waals surface area contributed by atoms with E-state index in [1.165, 1.54) is 21.9 Å². The first-order valence-corrected chi connectivity index (χ1v) is 8.74. The van der Waals surface area contributed by atoms with Gasteiger partial charge in [0.2, 0.25) is 0 Å². The highest BCUT2D eigenvalue weighted by molar-refractivity contribution is 5.88. The monoisotopic (exact) mass is 328 g/mol. The molecule has 0 spiro atoms. The average molecular weight is 328 g/mol. The second-order valence-electron chi connectivity index (χ2n) is 6.43. The fraction of sp³-hybridized carbons (Fsp3) is 0.476. The van der Waals surface area contributed by atoms with Crippen molar-refractivity contribution < 1.29 is 14.3 Å². The second kappa shape index (κ2) is 7.69. The Balaban J connectivity index is 2.55. The van der Waals surface area contributed by atoms with Gasteiger partial charge in [0.05, 0.1) is 20.1 Å². The standard InChI is InChI=1S/C21H28O3/c1-6-17-18-11-10-16(23-5)13-15(18)9-12-19(17)21(4,7-2)14-20(22)24-8-3/h9-13H,6-8,14H2,1-5H3. The molecule has 0 heterocycles. The molecule has 0 aliphatic heterocycles. The van der Waals surface area contributed by atoms with Gasteiger partial charge in [-0.15, -0.1) is 0 Å². The summed E-state index contributed by atoms with van der Waals surface area (Å²) in [6.45, 7) is 8.74. The molecule has 0 saturated heterocycles. The molecule has 0 aliphatic rings. The summed E-state index contributed by atoms with van der Waals surface area (Å²) >= 11 is 0. The average Bonchev–Trinajstić information content (AvgIpc) is 2.60. The normalized spacial score (nSPS) is 13.5. The van der Waals surface area contributed by atoms with E-state index in [-0.39, 0.29) is 11.4 Å². The number of hydrogen-bond donors (Lipinski definition) is 0. The SMILES string of the molecule is CCOC(=O)CC(C)(CC)c1ccc2cc(OC)ccc2c1CC. The Morgan fingerprint density at radius 1 is 1.12 bits per heavy atom. The Morgan fingerprint density at radius 2 is 1.88 bits per heavy atom. The van der Waals surface area contributed by atoms with Crippen LogP contribution in [0.4, 0.5) is 0 Å². The Hall–Kier alpha value is -2.03. The van der Waals surface area contributed by atoms with Crippen molar-refractivity contribution in [2.45, 2.75) is 52.4 Å². The van der Waals surface area contributed by atoms with Crippen molar-refractivity contribution in [3.63, 3.8) is 0 Å². The van der Waals surface area contributed by atoms with Gasteiger partial charge in [-0.25, -0.2) is 0 Å². The van der Waals surface area contributed by atoms with E-state index in [0.29, 0.717) is 13.0 Å². The van der Waals surface area contributed by atoms with Crippen LogP contribution in [-0.2, 0) is 21.4 Å². The lowest BCUT2D eigenvalue weighted by Crippen LogP contribution is -2.27. The van der Waals surface area contributed by atoms with Crippen molar-refractivity contribution in [1.82, 2.24) is 0 Å². The maximum atomic E-state index is 12.1. The third kappa shape index (κ3) is 3.55. The minimum atomic E-state index is -0.217. The van der Waals surface area contributed by atoms with Crippen LogP contribution in [0.3, 0.4) is 0 Å². The zero-order valence-corrected chi connectivity index (χ0v) is 15.4. The minimum absolute atomic E-state index is 0.126. The predicted octanol–water partition coefficient (Wildman–Crippen LogP) is 5.03. The molecule has 0 saturated carbocycles. The Labute approximate surface area is 145 Å². The summed E-state index contributed by atoms with van der Waals surface area (Å²) in [5.74, 6) is 0.737. The van der Waals surface area contributed by atoms with E-state index in [9.17, 15) is 4.79 Å².